The van der Waals surface area contributed by atoms with Crippen molar-refractivity contribution in [3.8, 4) is 0 Å². The summed E-state index contributed by atoms with van der Waals surface area (Å²) in [5.41, 5.74) is 0.879. The molecule has 3 aromatic rings. The Morgan fingerprint density at radius 1 is 0.920 bits per heavy atom. The first kappa shape index (κ1) is 15.4. The lowest BCUT2D eigenvalue weighted by Crippen LogP contribution is -2.28. The molecule has 2 N–H and O–H groups in total. The average Bonchev–Trinajstić information content (AvgIpc) is 2.64. The quantitative estimate of drug-likeness (QED) is 0.694. The molecule has 0 radical (unpaired) electrons. The van der Waals surface area contributed by atoms with E-state index in [0.717, 1.165) is 5.39 Å². The van der Waals surface area contributed by atoms with Gasteiger partial charge in [0.1, 0.15) is 5.76 Å². The molecule has 0 spiro atoms. The Morgan fingerprint density at radius 2 is 1.64 bits per heavy atom. The Labute approximate surface area is 144 Å². The van der Waals surface area contributed by atoms with Gasteiger partial charge in [0.15, 0.2) is 6.29 Å². The number of hydrogen-bond acceptors (Lipinski definition) is 4. The number of sulfonamides is 1. The summed E-state index contributed by atoms with van der Waals surface area (Å²) in [4.78, 5) is 11.5. The third kappa shape index (κ3) is 2.30. The average molecular weight is 351 g/mol. The van der Waals surface area contributed by atoms with Crippen LogP contribution < -0.4 is 4.72 Å². The van der Waals surface area contributed by atoms with Crippen molar-refractivity contribution in [3.05, 3.63) is 77.4 Å². The molecule has 124 valence electrons. The van der Waals surface area contributed by atoms with Crippen molar-refractivity contribution >= 4 is 38.5 Å². The lowest BCUT2D eigenvalue weighted by molar-refractivity contribution is 0.112. The zero-order valence-corrected chi connectivity index (χ0v) is 13.7. The zero-order valence-electron chi connectivity index (χ0n) is 12.9. The zero-order chi connectivity index (χ0) is 17.6. The molecule has 6 heteroatoms. The second-order valence-electron chi connectivity index (χ2n) is 5.69. The van der Waals surface area contributed by atoms with E-state index in [2.05, 4.69) is 4.72 Å². The van der Waals surface area contributed by atoms with E-state index < -0.39 is 10.0 Å². The van der Waals surface area contributed by atoms with Crippen molar-refractivity contribution in [2.75, 3.05) is 0 Å². The first-order valence-corrected chi connectivity index (χ1v) is 9.04. The summed E-state index contributed by atoms with van der Waals surface area (Å²) in [6.45, 7) is 0. The number of carbonyl (C=O) groups is 1. The van der Waals surface area contributed by atoms with E-state index in [1.54, 1.807) is 36.4 Å². The number of aliphatic hydroxyl groups excluding tert-OH is 1. The number of aldehydes is 1. The van der Waals surface area contributed by atoms with Crippen molar-refractivity contribution in [2.45, 2.75) is 4.90 Å². The summed E-state index contributed by atoms with van der Waals surface area (Å²) in [7, 11) is -3.85. The summed E-state index contributed by atoms with van der Waals surface area (Å²) >= 11 is 0. The molecular formula is C19H13NO4S. The number of nitrogens with one attached hydrogen (secondary N) is 1. The Kier molecular flexibility index (Phi) is 3.36. The smallest absolute Gasteiger partial charge is 0.262 e. The van der Waals surface area contributed by atoms with Gasteiger partial charge in [-0.3, -0.25) is 9.52 Å². The first-order chi connectivity index (χ1) is 12.0. The second-order valence-corrected chi connectivity index (χ2v) is 7.34. The Morgan fingerprint density at radius 3 is 2.44 bits per heavy atom. The van der Waals surface area contributed by atoms with E-state index in [-0.39, 0.29) is 21.9 Å². The summed E-state index contributed by atoms with van der Waals surface area (Å²) < 4.78 is 27.6. The molecule has 1 aliphatic heterocycles. The van der Waals surface area contributed by atoms with Gasteiger partial charge in [0.25, 0.3) is 10.0 Å². The molecule has 0 saturated heterocycles. The monoisotopic (exact) mass is 351 g/mol. The maximum absolute atomic E-state index is 12.6. The molecule has 4 rings (SSSR count). The number of carbonyl (C=O) groups excluding carboxylic acids is 1. The maximum atomic E-state index is 12.6. The largest absolute Gasteiger partial charge is 0.505 e. The van der Waals surface area contributed by atoms with Crippen LogP contribution in [0.3, 0.4) is 0 Å². The molecule has 0 bridgehead atoms. The number of aliphatic hydroxyl groups is 1. The minimum atomic E-state index is -3.85. The van der Waals surface area contributed by atoms with Gasteiger partial charge in [-0.2, -0.15) is 0 Å². The second kappa shape index (κ2) is 5.46. The summed E-state index contributed by atoms with van der Waals surface area (Å²) in [6, 6.07) is 16.9. The van der Waals surface area contributed by atoms with Gasteiger partial charge >= 0.3 is 0 Å². The first-order valence-electron chi connectivity index (χ1n) is 7.55. The topological polar surface area (TPSA) is 83.5 Å². The highest BCUT2D eigenvalue weighted by Gasteiger charge is 2.31. The maximum Gasteiger partial charge on any atom is 0.262 e. The molecule has 5 nitrogen and oxygen atoms in total. The van der Waals surface area contributed by atoms with Gasteiger partial charge in [0, 0.05) is 16.7 Å². The molecule has 25 heavy (non-hydrogen) atoms. The minimum Gasteiger partial charge on any atom is -0.505 e. The van der Waals surface area contributed by atoms with Gasteiger partial charge in [-0.15, -0.1) is 0 Å². The van der Waals surface area contributed by atoms with Crippen LogP contribution in [0.5, 0.6) is 0 Å². The highest BCUT2D eigenvalue weighted by Crippen LogP contribution is 2.36. The third-order valence-electron chi connectivity index (χ3n) is 4.24. The van der Waals surface area contributed by atoms with Gasteiger partial charge in [-0.05, 0) is 22.9 Å². The van der Waals surface area contributed by atoms with Crippen LogP contribution in [0.1, 0.15) is 21.5 Å². The van der Waals surface area contributed by atoms with E-state index in [1.165, 1.54) is 12.1 Å². The minimum absolute atomic E-state index is 0.00383. The summed E-state index contributed by atoms with van der Waals surface area (Å²) in [6.07, 6.45) is 0.650. The van der Waals surface area contributed by atoms with Crippen LogP contribution in [0.15, 0.2) is 65.6 Å². The van der Waals surface area contributed by atoms with Crippen LogP contribution in [0, 0.1) is 0 Å². The molecule has 0 aliphatic carbocycles. The van der Waals surface area contributed by atoms with Crippen molar-refractivity contribution in [3.63, 3.8) is 0 Å². The Balaban J connectivity index is 2.13. The molecule has 0 fully saturated rings. The molecular weight excluding hydrogens is 338 g/mol. The van der Waals surface area contributed by atoms with Crippen molar-refractivity contribution in [1.82, 2.24) is 4.72 Å². The number of benzene rings is 3. The van der Waals surface area contributed by atoms with Crippen molar-refractivity contribution in [2.24, 2.45) is 0 Å². The molecule has 0 aromatic heterocycles. The van der Waals surface area contributed by atoms with Crippen LogP contribution in [-0.4, -0.2) is 19.8 Å². The number of fused-ring (bicyclic) bond motifs is 2. The Hall–Kier alpha value is -3.12. The molecule has 0 saturated carbocycles. The fourth-order valence-electron chi connectivity index (χ4n) is 3.10. The van der Waals surface area contributed by atoms with Gasteiger partial charge < -0.3 is 5.11 Å². The molecule has 0 atom stereocenters. The van der Waals surface area contributed by atoms with E-state index >= 15 is 0 Å². The molecule has 0 unspecified atom stereocenters. The van der Waals surface area contributed by atoms with Gasteiger partial charge in [0.2, 0.25) is 0 Å². The normalized spacial score (nSPS) is 15.5. The van der Waals surface area contributed by atoms with Crippen molar-refractivity contribution < 1.29 is 18.3 Å². The Bertz CT molecular complexity index is 1160. The van der Waals surface area contributed by atoms with E-state index in [1.807, 2.05) is 12.1 Å². The number of hydrogen-bond donors (Lipinski definition) is 2. The fraction of sp³-hybridized carbons (Fsp3) is 0. The highest BCUT2D eigenvalue weighted by atomic mass is 32.2. The van der Waals surface area contributed by atoms with Crippen LogP contribution in [0.2, 0.25) is 0 Å². The molecule has 1 heterocycles. The molecule has 0 amide bonds. The summed E-state index contributed by atoms with van der Waals surface area (Å²) in [5.74, 6) is -0.204. The molecule has 3 aromatic carbocycles. The highest BCUT2D eigenvalue weighted by molar-refractivity contribution is 7.90. The summed E-state index contributed by atoms with van der Waals surface area (Å²) in [5, 5.41) is 12.2. The van der Waals surface area contributed by atoms with Crippen LogP contribution in [0.25, 0.3) is 22.2 Å². The standard InChI is InChI=1S/C19H13NO4S/c21-11-13-10-9-12-5-1-2-6-14(12)17(13)18-19(22)15-7-3-4-8-16(15)25(23,24)20-18/h1-11,20,22H. The van der Waals surface area contributed by atoms with E-state index in [4.69, 9.17) is 0 Å². The van der Waals surface area contributed by atoms with Crippen LogP contribution in [-0.2, 0) is 10.0 Å². The van der Waals surface area contributed by atoms with E-state index in [0.29, 0.717) is 22.8 Å². The fourth-order valence-corrected chi connectivity index (χ4v) is 4.39. The van der Waals surface area contributed by atoms with E-state index in [9.17, 15) is 18.3 Å². The van der Waals surface area contributed by atoms with Crippen molar-refractivity contribution in [1.29, 1.82) is 0 Å². The molecule has 1 aliphatic rings. The lowest BCUT2D eigenvalue weighted by Gasteiger charge is -2.23. The SMILES string of the molecule is O=Cc1ccc2ccccc2c1C1=C(O)c2ccccc2S(=O)(=O)N1. The third-order valence-corrected chi connectivity index (χ3v) is 5.65. The van der Waals surface area contributed by atoms with Crippen LogP contribution >= 0.6 is 0 Å². The lowest BCUT2D eigenvalue weighted by atomic mass is 9.95. The van der Waals surface area contributed by atoms with Gasteiger partial charge in [-0.25, -0.2) is 8.42 Å². The predicted octanol–water partition coefficient (Wildman–Crippen LogP) is 3.33. The van der Waals surface area contributed by atoms with Gasteiger partial charge in [0.05, 0.1) is 10.6 Å². The predicted molar refractivity (Wildman–Crippen MR) is 95.5 cm³/mol. The van der Waals surface area contributed by atoms with Crippen LogP contribution in [0.4, 0.5) is 0 Å². The van der Waals surface area contributed by atoms with Gasteiger partial charge in [-0.1, -0.05) is 48.5 Å². The number of rotatable bonds is 2.